The number of carbonyl (C=O) groups excluding carboxylic acids is 1. The zero-order valence-electron chi connectivity index (χ0n) is 10.8. The maximum atomic E-state index is 11.4. The first kappa shape index (κ1) is 14.9. The number of unbranched alkanes of at least 4 members (excludes halogenated alkanes) is 1. The minimum absolute atomic E-state index is 0.196. The lowest BCUT2D eigenvalue weighted by molar-refractivity contribution is -0.141. The Bertz CT molecular complexity index is 236. The molecule has 0 fully saturated rings. The van der Waals surface area contributed by atoms with Crippen molar-refractivity contribution in [3.63, 3.8) is 0 Å². The van der Waals surface area contributed by atoms with Crippen molar-refractivity contribution in [3.05, 3.63) is 25.5 Å². The van der Waals surface area contributed by atoms with Crippen molar-refractivity contribution in [3.8, 4) is 0 Å². The van der Waals surface area contributed by atoms with E-state index in [4.69, 9.17) is 4.74 Å². The maximum Gasteiger partial charge on any atom is 0.317 e. The van der Waals surface area contributed by atoms with Crippen LogP contribution in [0, 0.1) is 11.3 Å². The van der Waals surface area contributed by atoms with E-state index in [1.807, 2.05) is 0 Å². The topological polar surface area (TPSA) is 26.3 Å². The molecule has 0 bridgehead atoms. The van der Waals surface area contributed by atoms with Crippen LogP contribution in [-0.2, 0) is 9.53 Å². The number of carbonyl (C=O) groups is 1. The summed E-state index contributed by atoms with van der Waals surface area (Å²) in [5.74, 6) is -0.446. The summed E-state index contributed by atoms with van der Waals surface area (Å²) in [4.78, 5) is 11.4. The van der Waals surface area contributed by atoms with Gasteiger partial charge in [0.1, 0.15) is 0 Å². The monoisotopic (exact) mass is 224 g/mol. The molecule has 16 heavy (non-hydrogen) atoms. The van der Waals surface area contributed by atoms with E-state index in [0.29, 0.717) is 5.41 Å². The first-order valence-electron chi connectivity index (χ1n) is 5.84. The highest BCUT2D eigenvalue weighted by Gasteiger charge is 2.16. The van der Waals surface area contributed by atoms with Gasteiger partial charge in [0.05, 0.1) is 12.2 Å². The van der Waals surface area contributed by atoms with Gasteiger partial charge in [-0.3, -0.25) is 4.79 Å². The van der Waals surface area contributed by atoms with Crippen molar-refractivity contribution < 1.29 is 9.53 Å². The lowest BCUT2D eigenvalue weighted by Crippen LogP contribution is -2.13. The Labute approximate surface area is 99.4 Å². The summed E-state index contributed by atoms with van der Waals surface area (Å²) in [6, 6.07) is 0. The molecule has 0 amide bonds. The average Bonchev–Trinajstić information content (AvgIpc) is 2.16. The Morgan fingerprint density at radius 2 is 1.94 bits per heavy atom. The van der Waals surface area contributed by atoms with Gasteiger partial charge in [0.2, 0.25) is 0 Å². The summed E-state index contributed by atoms with van der Waals surface area (Å²) in [6.07, 6.45) is 6.98. The van der Waals surface area contributed by atoms with Crippen molar-refractivity contribution in [1.82, 2.24) is 0 Å². The third kappa shape index (κ3) is 7.27. The standard InChI is InChI=1S/C14H24O2/c1-6-12(13(15)16-7-2)10-8-9-11-14(3,4)5/h6-7,12H,1-2,8-11H2,3-5H3. The van der Waals surface area contributed by atoms with Crippen LogP contribution in [0.2, 0.25) is 0 Å². The summed E-state index contributed by atoms with van der Waals surface area (Å²) >= 11 is 0. The van der Waals surface area contributed by atoms with Crippen LogP contribution >= 0.6 is 0 Å². The van der Waals surface area contributed by atoms with Crippen LogP contribution in [0.15, 0.2) is 25.5 Å². The predicted octanol–water partition coefficient (Wildman–Crippen LogP) is 4.08. The summed E-state index contributed by atoms with van der Waals surface area (Å²) in [7, 11) is 0. The number of ether oxygens (including phenoxy) is 1. The van der Waals surface area contributed by atoms with Gasteiger partial charge in [-0.2, -0.15) is 0 Å². The van der Waals surface area contributed by atoms with Gasteiger partial charge in [0.15, 0.2) is 0 Å². The Balaban J connectivity index is 3.84. The SMILES string of the molecule is C=COC(=O)C(C=C)CCCCC(C)(C)C. The van der Waals surface area contributed by atoms with E-state index in [9.17, 15) is 4.79 Å². The molecule has 0 aliphatic rings. The third-order valence-corrected chi connectivity index (χ3v) is 2.48. The van der Waals surface area contributed by atoms with Crippen molar-refractivity contribution in [2.75, 3.05) is 0 Å². The Morgan fingerprint density at radius 1 is 1.31 bits per heavy atom. The summed E-state index contributed by atoms with van der Waals surface area (Å²) in [5, 5.41) is 0. The zero-order chi connectivity index (χ0) is 12.6. The van der Waals surface area contributed by atoms with Crippen molar-refractivity contribution in [2.45, 2.75) is 46.5 Å². The second kappa shape index (κ2) is 7.26. The highest BCUT2D eigenvalue weighted by atomic mass is 16.5. The normalized spacial score (nSPS) is 12.9. The predicted molar refractivity (Wildman–Crippen MR) is 67.9 cm³/mol. The number of hydrogen-bond donors (Lipinski definition) is 0. The molecule has 0 heterocycles. The van der Waals surface area contributed by atoms with Gasteiger partial charge in [0.25, 0.3) is 0 Å². The first-order chi connectivity index (χ1) is 7.40. The summed E-state index contributed by atoms with van der Waals surface area (Å²) in [6.45, 7) is 13.7. The lowest BCUT2D eigenvalue weighted by Gasteiger charge is -2.18. The lowest BCUT2D eigenvalue weighted by atomic mass is 9.88. The molecule has 0 aliphatic carbocycles. The summed E-state index contributed by atoms with van der Waals surface area (Å²) < 4.78 is 4.75. The van der Waals surface area contributed by atoms with Gasteiger partial charge in [-0.05, 0) is 18.3 Å². The average molecular weight is 224 g/mol. The molecular formula is C14H24O2. The van der Waals surface area contributed by atoms with Crippen LogP contribution in [0.25, 0.3) is 0 Å². The van der Waals surface area contributed by atoms with Gasteiger partial charge in [-0.15, -0.1) is 6.58 Å². The molecule has 0 aromatic rings. The quantitative estimate of drug-likeness (QED) is 0.282. The Hall–Kier alpha value is -1.05. The van der Waals surface area contributed by atoms with E-state index < -0.39 is 0 Å². The van der Waals surface area contributed by atoms with E-state index >= 15 is 0 Å². The van der Waals surface area contributed by atoms with E-state index in [0.717, 1.165) is 19.3 Å². The van der Waals surface area contributed by atoms with E-state index in [-0.39, 0.29) is 11.9 Å². The molecule has 0 N–H and O–H groups in total. The van der Waals surface area contributed by atoms with Crippen LogP contribution < -0.4 is 0 Å². The highest BCUT2D eigenvalue weighted by molar-refractivity contribution is 5.74. The second-order valence-electron chi connectivity index (χ2n) is 5.25. The molecule has 1 atom stereocenters. The molecule has 0 aliphatic heterocycles. The Morgan fingerprint density at radius 3 is 2.38 bits per heavy atom. The van der Waals surface area contributed by atoms with Crippen LogP contribution in [-0.4, -0.2) is 5.97 Å². The van der Waals surface area contributed by atoms with E-state index in [1.165, 1.54) is 12.7 Å². The molecule has 2 nitrogen and oxygen atoms in total. The molecule has 0 saturated heterocycles. The van der Waals surface area contributed by atoms with Crippen LogP contribution in [0.4, 0.5) is 0 Å². The van der Waals surface area contributed by atoms with Crippen LogP contribution in [0.1, 0.15) is 46.5 Å². The fourth-order valence-corrected chi connectivity index (χ4v) is 1.52. The second-order valence-corrected chi connectivity index (χ2v) is 5.25. The molecule has 0 radical (unpaired) electrons. The Kier molecular flexibility index (Phi) is 6.78. The molecule has 2 heteroatoms. The molecule has 1 unspecified atom stereocenters. The minimum atomic E-state index is -0.249. The smallest absolute Gasteiger partial charge is 0.317 e. The molecule has 0 rings (SSSR count). The van der Waals surface area contributed by atoms with Gasteiger partial charge in [-0.1, -0.05) is 46.3 Å². The molecule has 0 saturated carbocycles. The van der Waals surface area contributed by atoms with Crippen molar-refractivity contribution in [1.29, 1.82) is 0 Å². The number of rotatable bonds is 7. The fraction of sp³-hybridized carbons (Fsp3) is 0.643. The number of hydrogen-bond acceptors (Lipinski definition) is 2. The maximum absolute atomic E-state index is 11.4. The van der Waals surface area contributed by atoms with Crippen LogP contribution in [0.3, 0.4) is 0 Å². The molecule has 0 aromatic carbocycles. The van der Waals surface area contributed by atoms with Crippen molar-refractivity contribution in [2.24, 2.45) is 11.3 Å². The largest absolute Gasteiger partial charge is 0.435 e. The zero-order valence-corrected chi connectivity index (χ0v) is 10.8. The van der Waals surface area contributed by atoms with Crippen molar-refractivity contribution >= 4 is 5.97 Å². The van der Waals surface area contributed by atoms with Gasteiger partial charge in [0, 0.05) is 0 Å². The van der Waals surface area contributed by atoms with Gasteiger partial charge < -0.3 is 4.74 Å². The third-order valence-electron chi connectivity index (χ3n) is 2.48. The highest BCUT2D eigenvalue weighted by Crippen LogP contribution is 2.23. The summed E-state index contributed by atoms with van der Waals surface area (Å²) in [5.41, 5.74) is 0.366. The van der Waals surface area contributed by atoms with Crippen LogP contribution in [0.5, 0.6) is 0 Å². The minimum Gasteiger partial charge on any atom is -0.435 e. The first-order valence-corrected chi connectivity index (χ1v) is 5.84. The molecular weight excluding hydrogens is 200 g/mol. The molecule has 0 aromatic heterocycles. The number of esters is 1. The van der Waals surface area contributed by atoms with E-state index in [2.05, 4.69) is 33.9 Å². The molecule has 0 spiro atoms. The molecule has 92 valence electrons. The fourth-order valence-electron chi connectivity index (χ4n) is 1.52. The van der Waals surface area contributed by atoms with Gasteiger partial charge >= 0.3 is 5.97 Å². The van der Waals surface area contributed by atoms with Gasteiger partial charge in [-0.25, -0.2) is 0 Å². The van der Waals surface area contributed by atoms with E-state index in [1.54, 1.807) is 6.08 Å².